The Balaban J connectivity index is 1.59. The van der Waals surface area contributed by atoms with E-state index < -0.39 is 6.29 Å². The Morgan fingerprint density at radius 2 is 2.07 bits per heavy atom. The normalized spacial score (nSPS) is 16.2. The van der Waals surface area contributed by atoms with E-state index in [1.165, 1.54) is 23.9 Å². The summed E-state index contributed by atoms with van der Waals surface area (Å²) >= 11 is 1.52. The number of halogens is 1. The number of thioether (sulfide) groups is 1. The summed E-state index contributed by atoms with van der Waals surface area (Å²) in [7, 11) is 0. The highest BCUT2D eigenvalue weighted by Gasteiger charge is 2.25. The van der Waals surface area contributed by atoms with E-state index in [0.29, 0.717) is 18.1 Å². The van der Waals surface area contributed by atoms with Crippen LogP contribution >= 0.6 is 11.8 Å². The van der Waals surface area contributed by atoms with E-state index in [9.17, 15) is 4.39 Å². The quantitative estimate of drug-likeness (QED) is 0.585. The average Bonchev–Trinajstić information content (AvgIpc) is 3.15. The van der Waals surface area contributed by atoms with E-state index in [-0.39, 0.29) is 11.9 Å². The zero-order chi connectivity index (χ0) is 18.8. The molecular formula is C20H20FN3O2S. The first-order valence-corrected chi connectivity index (χ1v) is 9.77. The lowest BCUT2D eigenvalue weighted by atomic mass is 10.1. The smallest absolute Gasteiger partial charge is 0.227 e. The van der Waals surface area contributed by atoms with Gasteiger partial charge in [-0.05, 0) is 26.0 Å². The molecule has 1 atom stereocenters. The Morgan fingerprint density at radius 3 is 2.85 bits per heavy atom. The molecule has 3 aromatic rings. The first-order valence-electron chi connectivity index (χ1n) is 8.78. The zero-order valence-electron chi connectivity index (χ0n) is 15.1. The molecule has 1 aliphatic heterocycles. The van der Waals surface area contributed by atoms with Gasteiger partial charge in [0.2, 0.25) is 6.29 Å². The lowest BCUT2D eigenvalue weighted by Crippen LogP contribution is -2.19. The van der Waals surface area contributed by atoms with Crippen LogP contribution < -0.4 is 4.74 Å². The van der Waals surface area contributed by atoms with Gasteiger partial charge in [0.1, 0.15) is 17.9 Å². The Labute approximate surface area is 161 Å². The van der Waals surface area contributed by atoms with Crippen molar-refractivity contribution in [2.45, 2.75) is 43.7 Å². The Hall–Kier alpha value is -2.38. The van der Waals surface area contributed by atoms with Gasteiger partial charge in [-0.2, -0.15) is 0 Å². The minimum Gasteiger partial charge on any atom is -0.460 e. The predicted molar refractivity (Wildman–Crippen MR) is 101 cm³/mol. The fraction of sp³-hybridized carbons (Fsp3) is 0.300. The highest BCUT2D eigenvalue weighted by Crippen LogP contribution is 2.38. The summed E-state index contributed by atoms with van der Waals surface area (Å²) < 4.78 is 28.0. The summed E-state index contributed by atoms with van der Waals surface area (Å²) in [5, 5.41) is 8.95. The number of rotatable bonds is 5. The van der Waals surface area contributed by atoms with Crippen molar-refractivity contribution >= 4 is 11.8 Å². The molecule has 0 aliphatic carbocycles. The first kappa shape index (κ1) is 18.0. The molecule has 0 unspecified atom stereocenters. The first-order chi connectivity index (χ1) is 13.1. The van der Waals surface area contributed by atoms with Gasteiger partial charge in [-0.25, -0.2) is 4.39 Å². The van der Waals surface area contributed by atoms with E-state index in [1.54, 1.807) is 6.33 Å². The molecule has 4 rings (SSSR count). The Kier molecular flexibility index (Phi) is 5.13. The monoisotopic (exact) mass is 385 g/mol. The molecule has 2 heterocycles. The van der Waals surface area contributed by atoms with Crippen molar-refractivity contribution in [1.82, 2.24) is 14.8 Å². The fourth-order valence-corrected chi connectivity index (χ4v) is 4.00. The van der Waals surface area contributed by atoms with E-state index >= 15 is 0 Å². The van der Waals surface area contributed by atoms with E-state index in [2.05, 4.69) is 24.0 Å². The second-order valence-electron chi connectivity index (χ2n) is 6.63. The third-order valence-corrected chi connectivity index (χ3v) is 5.35. The Morgan fingerprint density at radius 1 is 1.26 bits per heavy atom. The largest absolute Gasteiger partial charge is 0.460 e. The van der Waals surface area contributed by atoms with Crippen molar-refractivity contribution in [2.24, 2.45) is 0 Å². The number of aromatic nitrogens is 3. The van der Waals surface area contributed by atoms with Crippen molar-refractivity contribution in [3.05, 3.63) is 71.3 Å². The number of ether oxygens (including phenoxy) is 2. The lowest BCUT2D eigenvalue weighted by molar-refractivity contribution is -0.112. The summed E-state index contributed by atoms with van der Waals surface area (Å²) in [5.74, 6) is 0.937. The van der Waals surface area contributed by atoms with Gasteiger partial charge in [0.05, 0.1) is 6.61 Å². The van der Waals surface area contributed by atoms with Crippen LogP contribution in [-0.2, 0) is 17.1 Å². The topological polar surface area (TPSA) is 49.2 Å². The van der Waals surface area contributed by atoms with Gasteiger partial charge in [0, 0.05) is 28.5 Å². The summed E-state index contributed by atoms with van der Waals surface area (Å²) in [6.07, 6.45) is 1.22. The summed E-state index contributed by atoms with van der Waals surface area (Å²) in [5.41, 5.74) is 2.45. The Bertz CT molecular complexity index is 930. The van der Waals surface area contributed by atoms with Crippen LogP contribution in [0.2, 0.25) is 0 Å². The zero-order valence-corrected chi connectivity index (χ0v) is 15.9. The van der Waals surface area contributed by atoms with Crippen molar-refractivity contribution in [3.63, 3.8) is 0 Å². The maximum atomic E-state index is 14.1. The highest BCUT2D eigenvalue weighted by atomic mass is 32.2. The van der Waals surface area contributed by atoms with Gasteiger partial charge in [-0.15, -0.1) is 10.2 Å². The molecule has 140 valence electrons. The number of benzene rings is 2. The van der Waals surface area contributed by atoms with Gasteiger partial charge >= 0.3 is 0 Å². The van der Waals surface area contributed by atoms with Crippen molar-refractivity contribution < 1.29 is 13.9 Å². The number of hydrogen-bond acceptors (Lipinski definition) is 5. The molecule has 0 fully saturated rings. The maximum absolute atomic E-state index is 14.1. The van der Waals surface area contributed by atoms with Crippen LogP contribution in [0.25, 0.3) is 0 Å². The molecule has 0 N–H and O–H groups in total. The van der Waals surface area contributed by atoms with Crippen LogP contribution in [0.1, 0.15) is 42.9 Å². The third kappa shape index (κ3) is 3.84. The minimum absolute atomic E-state index is 0.260. The maximum Gasteiger partial charge on any atom is 0.227 e. The minimum atomic E-state index is -0.493. The molecule has 0 spiro atoms. The van der Waals surface area contributed by atoms with Crippen LogP contribution in [0, 0.1) is 5.82 Å². The van der Waals surface area contributed by atoms with Crippen molar-refractivity contribution in [3.8, 4) is 5.75 Å². The molecule has 0 radical (unpaired) electrons. The molecule has 5 nitrogen and oxygen atoms in total. The van der Waals surface area contributed by atoms with Crippen molar-refractivity contribution in [2.75, 3.05) is 0 Å². The standard InChI is InChI=1S/C20H20FN3O2S/c1-13(2)24-12-22-23-20(24)27-11-16-9-17(21)8-15-10-25-19(26-18(15)16)14-6-4-3-5-7-14/h3-9,12-13,19H,10-11H2,1-2H3/t19-/m1/s1. The average molecular weight is 385 g/mol. The summed E-state index contributed by atoms with van der Waals surface area (Å²) in [6, 6.07) is 13.0. The highest BCUT2D eigenvalue weighted by molar-refractivity contribution is 7.98. The molecule has 0 saturated heterocycles. The second-order valence-corrected chi connectivity index (χ2v) is 7.57. The van der Waals surface area contributed by atoms with Gasteiger partial charge in [-0.3, -0.25) is 0 Å². The predicted octanol–water partition coefficient (Wildman–Crippen LogP) is 4.90. The number of fused-ring (bicyclic) bond motifs is 1. The molecule has 1 aliphatic rings. The SMILES string of the molecule is CC(C)n1cnnc1SCc1cc(F)cc2c1O[C@H](c1ccccc1)OC2. The number of nitrogens with zero attached hydrogens (tertiary/aromatic N) is 3. The van der Waals surface area contributed by atoms with Gasteiger partial charge < -0.3 is 14.0 Å². The third-order valence-electron chi connectivity index (χ3n) is 4.35. The molecule has 0 bridgehead atoms. The molecule has 1 aromatic heterocycles. The molecule has 0 saturated carbocycles. The van der Waals surface area contributed by atoms with Gasteiger partial charge in [0.15, 0.2) is 5.16 Å². The van der Waals surface area contributed by atoms with E-state index in [4.69, 9.17) is 9.47 Å². The number of hydrogen-bond donors (Lipinski definition) is 0. The molecule has 2 aromatic carbocycles. The second kappa shape index (κ2) is 7.70. The molecule has 7 heteroatoms. The van der Waals surface area contributed by atoms with Crippen LogP contribution in [0.3, 0.4) is 0 Å². The van der Waals surface area contributed by atoms with Crippen molar-refractivity contribution in [1.29, 1.82) is 0 Å². The van der Waals surface area contributed by atoms with Gasteiger partial charge in [0.25, 0.3) is 0 Å². The molecule has 0 amide bonds. The molecule has 27 heavy (non-hydrogen) atoms. The lowest BCUT2D eigenvalue weighted by Gasteiger charge is -2.28. The van der Waals surface area contributed by atoms with Crippen LogP contribution in [-0.4, -0.2) is 14.8 Å². The molecular weight excluding hydrogens is 365 g/mol. The van der Waals surface area contributed by atoms with Gasteiger partial charge in [-0.1, -0.05) is 42.1 Å². The summed E-state index contributed by atoms with van der Waals surface area (Å²) in [4.78, 5) is 0. The van der Waals surface area contributed by atoms with E-state index in [1.807, 2.05) is 34.9 Å². The van der Waals surface area contributed by atoms with Crippen LogP contribution in [0.15, 0.2) is 53.9 Å². The fourth-order valence-electron chi connectivity index (χ4n) is 2.99. The summed E-state index contributed by atoms with van der Waals surface area (Å²) in [6.45, 7) is 4.46. The van der Waals surface area contributed by atoms with Crippen LogP contribution in [0.4, 0.5) is 4.39 Å². The van der Waals surface area contributed by atoms with Crippen LogP contribution in [0.5, 0.6) is 5.75 Å². The van der Waals surface area contributed by atoms with E-state index in [0.717, 1.165) is 21.8 Å².